The molecule has 0 radical (unpaired) electrons. The van der Waals surface area contributed by atoms with Crippen LogP contribution in [0.5, 0.6) is 0 Å². The van der Waals surface area contributed by atoms with Gasteiger partial charge in [-0.3, -0.25) is 9.58 Å². The van der Waals surface area contributed by atoms with Crippen LogP contribution in [0.15, 0.2) is 6.20 Å². The second-order valence-electron chi connectivity index (χ2n) is 4.40. The lowest BCUT2D eigenvalue weighted by Crippen LogP contribution is -2.45. The van der Waals surface area contributed by atoms with E-state index in [-0.39, 0.29) is 11.7 Å². The first-order valence-corrected chi connectivity index (χ1v) is 5.90. The van der Waals surface area contributed by atoms with E-state index in [1.807, 2.05) is 0 Å². The molecule has 1 atom stereocenters. The number of aromatic nitrogens is 2. The van der Waals surface area contributed by atoms with E-state index in [0.717, 1.165) is 13.1 Å². The highest BCUT2D eigenvalue weighted by molar-refractivity contribution is 5.88. The molecular weight excluding hydrogens is 236 g/mol. The Hall–Kier alpha value is -1.44. The Morgan fingerprint density at radius 1 is 1.72 bits per heavy atom. The molecule has 1 aromatic heterocycles. The number of hydrogen-bond acceptors (Lipinski definition) is 5. The van der Waals surface area contributed by atoms with Crippen molar-refractivity contribution >= 4 is 5.97 Å². The second kappa shape index (κ2) is 5.47. The summed E-state index contributed by atoms with van der Waals surface area (Å²) in [4.78, 5) is 13.2. The average Bonchev–Trinajstić information content (AvgIpc) is 2.71. The zero-order valence-corrected chi connectivity index (χ0v) is 10.4. The number of morpholine rings is 1. The predicted octanol–water partition coefficient (Wildman–Crippen LogP) is -0.722. The lowest BCUT2D eigenvalue weighted by molar-refractivity contribution is -0.0268. The minimum Gasteiger partial charge on any atom is -0.478 e. The van der Waals surface area contributed by atoms with Gasteiger partial charge in [0.2, 0.25) is 0 Å². The van der Waals surface area contributed by atoms with E-state index in [2.05, 4.69) is 10.00 Å². The van der Waals surface area contributed by atoms with Crippen LogP contribution in [0.2, 0.25) is 0 Å². The topological polar surface area (TPSA) is 93.6 Å². The van der Waals surface area contributed by atoms with E-state index in [0.29, 0.717) is 25.4 Å². The molecule has 7 heteroatoms. The van der Waals surface area contributed by atoms with Crippen LogP contribution in [-0.2, 0) is 18.3 Å². The largest absolute Gasteiger partial charge is 0.478 e. The molecule has 2 heterocycles. The van der Waals surface area contributed by atoms with Gasteiger partial charge in [-0.05, 0) is 0 Å². The molecule has 0 bridgehead atoms. The Morgan fingerprint density at radius 2 is 2.50 bits per heavy atom. The maximum absolute atomic E-state index is 11.1. The Morgan fingerprint density at radius 3 is 3.17 bits per heavy atom. The van der Waals surface area contributed by atoms with Gasteiger partial charge in [-0.25, -0.2) is 4.79 Å². The smallest absolute Gasteiger partial charge is 0.339 e. The molecule has 1 aromatic rings. The molecule has 1 aliphatic rings. The molecule has 0 aliphatic carbocycles. The summed E-state index contributed by atoms with van der Waals surface area (Å²) < 4.78 is 7.09. The van der Waals surface area contributed by atoms with E-state index >= 15 is 0 Å². The van der Waals surface area contributed by atoms with Crippen molar-refractivity contribution in [1.29, 1.82) is 0 Å². The van der Waals surface area contributed by atoms with Gasteiger partial charge < -0.3 is 15.6 Å². The molecule has 2 rings (SSSR count). The van der Waals surface area contributed by atoms with Gasteiger partial charge in [0, 0.05) is 33.2 Å². The van der Waals surface area contributed by atoms with Gasteiger partial charge >= 0.3 is 5.97 Å². The van der Waals surface area contributed by atoms with Crippen molar-refractivity contribution < 1.29 is 14.6 Å². The number of carbonyl (C=O) groups is 1. The molecule has 1 aliphatic heterocycles. The van der Waals surface area contributed by atoms with Crippen LogP contribution in [0.4, 0.5) is 0 Å². The van der Waals surface area contributed by atoms with Crippen molar-refractivity contribution in [2.24, 2.45) is 12.8 Å². The third-order valence-electron chi connectivity index (χ3n) is 3.15. The summed E-state index contributed by atoms with van der Waals surface area (Å²) in [6, 6.07) is 0. The molecule has 7 nitrogen and oxygen atoms in total. The summed E-state index contributed by atoms with van der Waals surface area (Å²) in [5, 5.41) is 13.1. The van der Waals surface area contributed by atoms with Crippen LogP contribution in [0.1, 0.15) is 16.1 Å². The lowest BCUT2D eigenvalue weighted by atomic mass is 10.2. The van der Waals surface area contributed by atoms with Gasteiger partial charge in [-0.15, -0.1) is 0 Å². The van der Waals surface area contributed by atoms with Crippen LogP contribution in [0.3, 0.4) is 0 Å². The number of nitrogens with zero attached hydrogens (tertiary/aromatic N) is 3. The average molecular weight is 254 g/mol. The number of nitrogens with two attached hydrogens (primary N) is 1. The normalized spacial score (nSPS) is 21.1. The van der Waals surface area contributed by atoms with Crippen molar-refractivity contribution in [2.75, 3.05) is 26.2 Å². The first-order chi connectivity index (χ1) is 8.61. The Labute approximate surface area is 105 Å². The van der Waals surface area contributed by atoms with E-state index < -0.39 is 5.97 Å². The van der Waals surface area contributed by atoms with E-state index in [9.17, 15) is 4.79 Å². The van der Waals surface area contributed by atoms with Gasteiger partial charge in [-0.1, -0.05) is 0 Å². The second-order valence-corrected chi connectivity index (χ2v) is 4.40. The minimum atomic E-state index is -0.943. The zero-order valence-electron chi connectivity index (χ0n) is 10.4. The quantitative estimate of drug-likeness (QED) is 0.736. The monoisotopic (exact) mass is 254 g/mol. The zero-order chi connectivity index (χ0) is 13.1. The molecule has 100 valence electrons. The highest BCUT2D eigenvalue weighted by Crippen LogP contribution is 2.13. The maximum atomic E-state index is 11.1. The standard InChI is InChI=1S/C11H18N4O3/c1-14-10(9(5-13-14)11(16)17)7-15-2-3-18-8(4-12)6-15/h5,8H,2-4,6-7,12H2,1H3,(H,16,17). The molecule has 0 saturated carbocycles. The van der Waals surface area contributed by atoms with Gasteiger partial charge in [0.1, 0.15) is 5.56 Å². The summed E-state index contributed by atoms with van der Waals surface area (Å²) >= 11 is 0. The van der Waals surface area contributed by atoms with Crippen LogP contribution in [0.25, 0.3) is 0 Å². The summed E-state index contributed by atoms with van der Waals surface area (Å²) in [5.74, 6) is -0.943. The first-order valence-electron chi connectivity index (χ1n) is 5.90. The minimum absolute atomic E-state index is 0.0280. The molecule has 18 heavy (non-hydrogen) atoms. The van der Waals surface area contributed by atoms with E-state index in [4.69, 9.17) is 15.6 Å². The van der Waals surface area contributed by atoms with Crippen LogP contribution >= 0.6 is 0 Å². The van der Waals surface area contributed by atoms with Crippen LogP contribution in [0, 0.1) is 0 Å². The Balaban J connectivity index is 2.09. The molecule has 0 spiro atoms. The SMILES string of the molecule is Cn1ncc(C(=O)O)c1CN1CCOC(CN)C1. The highest BCUT2D eigenvalue weighted by atomic mass is 16.5. The number of ether oxygens (including phenoxy) is 1. The van der Waals surface area contributed by atoms with Crippen molar-refractivity contribution in [2.45, 2.75) is 12.6 Å². The number of hydrogen-bond donors (Lipinski definition) is 2. The number of carboxylic acids is 1. The van der Waals surface area contributed by atoms with Crippen molar-refractivity contribution in [3.8, 4) is 0 Å². The number of rotatable bonds is 4. The fourth-order valence-electron chi connectivity index (χ4n) is 2.11. The molecule has 0 aromatic carbocycles. The fraction of sp³-hybridized carbons (Fsp3) is 0.636. The summed E-state index contributed by atoms with van der Waals surface area (Å²) in [5.41, 5.74) is 6.55. The molecule has 1 unspecified atom stereocenters. The molecular formula is C11H18N4O3. The molecule has 1 fully saturated rings. The van der Waals surface area contributed by atoms with Crippen LogP contribution < -0.4 is 5.73 Å². The lowest BCUT2D eigenvalue weighted by Gasteiger charge is -2.32. The summed E-state index contributed by atoms with van der Waals surface area (Å²) in [6.07, 6.45) is 1.42. The van der Waals surface area contributed by atoms with Gasteiger partial charge in [0.15, 0.2) is 0 Å². The molecule has 1 saturated heterocycles. The number of aromatic carboxylic acids is 1. The third kappa shape index (κ3) is 2.69. The number of aryl methyl sites for hydroxylation is 1. The van der Waals surface area contributed by atoms with Crippen molar-refractivity contribution in [3.05, 3.63) is 17.5 Å². The summed E-state index contributed by atoms with van der Waals surface area (Å²) in [6.45, 7) is 3.16. The third-order valence-corrected chi connectivity index (χ3v) is 3.15. The van der Waals surface area contributed by atoms with Gasteiger partial charge in [0.05, 0.1) is 24.6 Å². The first kappa shape index (κ1) is 13.0. The summed E-state index contributed by atoms with van der Waals surface area (Å²) in [7, 11) is 1.75. The predicted molar refractivity (Wildman–Crippen MR) is 64.2 cm³/mol. The van der Waals surface area contributed by atoms with E-state index in [1.165, 1.54) is 6.20 Å². The molecule has 3 N–H and O–H groups in total. The fourth-order valence-corrected chi connectivity index (χ4v) is 2.11. The van der Waals surface area contributed by atoms with Crippen molar-refractivity contribution in [3.63, 3.8) is 0 Å². The van der Waals surface area contributed by atoms with E-state index in [1.54, 1.807) is 11.7 Å². The Bertz CT molecular complexity index is 432. The number of carboxylic acid groups (broad SMARTS) is 1. The van der Waals surface area contributed by atoms with Crippen molar-refractivity contribution in [1.82, 2.24) is 14.7 Å². The van der Waals surface area contributed by atoms with Gasteiger partial charge in [0.25, 0.3) is 0 Å². The van der Waals surface area contributed by atoms with Crippen LogP contribution in [-0.4, -0.2) is 58.1 Å². The highest BCUT2D eigenvalue weighted by Gasteiger charge is 2.23. The van der Waals surface area contributed by atoms with Gasteiger partial charge in [-0.2, -0.15) is 5.10 Å². The maximum Gasteiger partial charge on any atom is 0.339 e. The Kier molecular flexibility index (Phi) is 3.95. The molecule has 0 amide bonds.